The molecule has 3 aromatic rings. The van der Waals surface area contributed by atoms with E-state index in [0.29, 0.717) is 12.6 Å². The van der Waals surface area contributed by atoms with E-state index < -0.39 is 0 Å². The number of nitrogens with one attached hydrogen (secondary N) is 1. The quantitative estimate of drug-likeness (QED) is 0.669. The van der Waals surface area contributed by atoms with Crippen molar-refractivity contribution in [2.75, 3.05) is 0 Å². The Morgan fingerprint density at radius 1 is 1.33 bits per heavy atom. The molecule has 0 aliphatic heterocycles. The van der Waals surface area contributed by atoms with Crippen molar-refractivity contribution < 1.29 is 4.42 Å². The van der Waals surface area contributed by atoms with Crippen LogP contribution in [0, 0.1) is 3.57 Å². The molecule has 0 fully saturated rings. The summed E-state index contributed by atoms with van der Waals surface area (Å²) in [6, 6.07) is 8.64. The van der Waals surface area contributed by atoms with Crippen LogP contribution in [0.1, 0.15) is 25.2 Å². The molecule has 0 unspecified atom stereocenters. The molecule has 0 atom stereocenters. The number of furan rings is 1. The predicted molar refractivity (Wildman–Crippen MR) is 92.2 cm³/mol. The van der Waals surface area contributed by atoms with Crippen molar-refractivity contribution in [3.05, 3.63) is 51.6 Å². The van der Waals surface area contributed by atoms with E-state index in [1.165, 1.54) is 10.9 Å². The summed E-state index contributed by atoms with van der Waals surface area (Å²) in [4.78, 5) is 0. The molecule has 0 bridgehead atoms. The first-order valence-electron chi connectivity index (χ1n) is 7.04. The largest absolute Gasteiger partial charge is 0.459 e. The molecule has 21 heavy (non-hydrogen) atoms. The lowest BCUT2D eigenvalue weighted by atomic mass is 10.1. The van der Waals surface area contributed by atoms with Crippen LogP contribution in [0.25, 0.3) is 11.0 Å². The van der Waals surface area contributed by atoms with Gasteiger partial charge >= 0.3 is 0 Å². The molecule has 1 aromatic carbocycles. The third-order valence-corrected chi connectivity index (χ3v) is 3.93. The van der Waals surface area contributed by atoms with Gasteiger partial charge in [0.15, 0.2) is 0 Å². The van der Waals surface area contributed by atoms with Gasteiger partial charge < -0.3 is 9.73 Å². The molecule has 0 aliphatic carbocycles. The highest BCUT2D eigenvalue weighted by atomic mass is 127. The van der Waals surface area contributed by atoms with Crippen molar-refractivity contribution in [3.63, 3.8) is 0 Å². The lowest BCUT2D eigenvalue weighted by Gasteiger charge is -2.08. The van der Waals surface area contributed by atoms with E-state index in [1.54, 1.807) is 0 Å². The van der Waals surface area contributed by atoms with Gasteiger partial charge in [-0.05, 0) is 28.7 Å². The Morgan fingerprint density at radius 2 is 2.14 bits per heavy atom. The van der Waals surface area contributed by atoms with Crippen molar-refractivity contribution in [2.24, 2.45) is 0 Å². The summed E-state index contributed by atoms with van der Waals surface area (Å²) in [6.07, 6.45) is 3.88. The maximum absolute atomic E-state index is 6.04. The number of nitrogens with zero attached hydrogens (tertiary/aromatic N) is 2. The van der Waals surface area contributed by atoms with Gasteiger partial charge in [0.05, 0.1) is 16.3 Å². The molecule has 110 valence electrons. The Morgan fingerprint density at radius 3 is 2.86 bits per heavy atom. The summed E-state index contributed by atoms with van der Waals surface area (Å²) in [5.41, 5.74) is 2.17. The van der Waals surface area contributed by atoms with Crippen LogP contribution in [0.2, 0.25) is 0 Å². The Balaban J connectivity index is 1.97. The summed E-state index contributed by atoms with van der Waals surface area (Å²) in [5.74, 6) is 0.976. The van der Waals surface area contributed by atoms with Gasteiger partial charge in [-0.3, -0.25) is 4.68 Å². The lowest BCUT2D eigenvalue weighted by molar-refractivity contribution is 0.495. The number of aromatic nitrogens is 2. The number of halogens is 1. The maximum atomic E-state index is 6.04. The summed E-state index contributed by atoms with van der Waals surface area (Å²) >= 11 is 2.27. The minimum absolute atomic E-state index is 0.442. The number of para-hydroxylation sites is 1. The average molecular weight is 395 g/mol. The summed E-state index contributed by atoms with van der Waals surface area (Å²) in [6.45, 7) is 5.77. The van der Waals surface area contributed by atoms with Crippen LogP contribution in [0.5, 0.6) is 0 Å². The average Bonchev–Trinajstić information content (AvgIpc) is 3.00. The van der Waals surface area contributed by atoms with Gasteiger partial charge in [-0.1, -0.05) is 32.0 Å². The van der Waals surface area contributed by atoms with Crippen LogP contribution in [-0.2, 0) is 13.1 Å². The van der Waals surface area contributed by atoms with E-state index >= 15 is 0 Å². The first kappa shape index (κ1) is 14.6. The molecule has 5 heteroatoms. The van der Waals surface area contributed by atoms with Crippen LogP contribution in [0.3, 0.4) is 0 Å². The Labute approximate surface area is 137 Å². The van der Waals surface area contributed by atoms with E-state index in [-0.39, 0.29) is 0 Å². The fraction of sp³-hybridized carbons (Fsp3) is 0.312. The lowest BCUT2D eigenvalue weighted by Crippen LogP contribution is -2.22. The van der Waals surface area contributed by atoms with Crippen molar-refractivity contribution in [2.45, 2.75) is 33.0 Å². The van der Waals surface area contributed by atoms with Crippen molar-refractivity contribution >= 4 is 33.6 Å². The number of rotatable bonds is 5. The second-order valence-corrected chi connectivity index (χ2v) is 6.64. The second-order valence-electron chi connectivity index (χ2n) is 5.39. The van der Waals surface area contributed by atoms with E-state index in [0.717, 1.165) is 21.5 Å². The molecular formula is C16H18IN3O. The molecule has 0 aliphatic rings. The van der Waals surface area contributed by atoms with Crippen LogP contribution in [0.4, 0.5) is 0 Å². The first-order chi connectivity index (χ1) is 10.1. The van der Waals surface area contributed by atoms with Crippen molar-refractivity contribution in [3.8, 4) is 0 Å². The fourth-order valence-corrected chi connectivity index (χ4v) is 2.80. The Kier molecular flexibility index (Phi) is 4.30. The monoisotopic (exact) mass is 395 g/mol. The molecular weight excluding hydrogens is 377 g/mol. The van der Waals surface area contributed by atoms with Crippen molar-refractivity contribution in [1.82, 2.24) is 15.1 Å². The normalized spacial score (nSPS) is 11.6. The molecule has 0 amide bonds. The Bertz CT molecular complexity index is 745. The van der Waals surface area contributed by atoms with E-state index in [9.17, 15) is 0 Å². The maximum Gasteiger partial charge on any atom is 0.134 e. The van der Waals surface area contributed by atoms with Gasteiger partial charge in [0.1, 0.15) is 11.3 Å². The van der Waals surface area contributed by atoms with Crippen LogP contribution in [0.15, 0.2) is 41.1 Å². The molecule has 0 saturated heterocycles. The fourth-order valence-electron chi connectivity index (χ4n) is 2.35. The zero-order valence-corrected chi connectivity index (χ0v) is 14.3. The molecule has 2 aromatic heterocycles. The minimum atomic E-state index is 0.442. The zero-order chi connectivity index (χ0) is 14.8. The highest BCUT2D eigenvalue weighted by Crippen LogP contribution is 2.26. The highest BCUT2D eigenvalue weighted by Gasteiger charge is 2.14. The molecule has 3 rings (SSSR count). The van der Waals surface area contributed by atoms with Gasteiger partial charge in [0.2, 0.25) is 0 Å². The molecule has 4 nitrogen and oxygen atoms in total. The first-order valence-corrected chi connectivity index (χ1v) is 8.12. The number of benzene rings is 1. The molecule has 2 heterocycles. The standard InChI is InChI=1S/C16H18IN3O/c1-11(2)18-8-14-13-5-3-4-6-15(13)21-16(14)10-20-9-12(17)7-19-20/h3-7,9,11,18H,8,10H2,1-2H3. The second kappa shape index (κ2) is 6.19. The third-order valence-electron chi connectivity index (χ3n) is 3.38. The molecule has 0 radical (unpaired) electrons. The summed E-state index contributed by atoms with van der Waals surface area (Å²) in [5, 5.41) is 9.01. The Hall–Kier alpha value is -1.34. The van der Waals surface area contributed by atoms with Gasteiger partial charge in [0.25, 0.3) is 0 Å². The third kappa shape index (κ3) is 3.29. The van der Waals surface area contributed by atoms with Gasteiger partial charge in [-0.15, -0.1) is 0 Å². The predicted octanol–water partition coefficient (Wildman–Crippen LogP) is 3.78. The van der Waals surface area contributed by atoms with Crippen LogP contribution < -0.4 is 5.32 Å². The minimum Gasteiger partial charge on any atom is -0.459 e. The smallest absolute Gasteiger partial charge is 0.134 e. The highest BCUT2D eigenvalue weighted by molar-refractivity contribution is 14.1. The van der Waals surface area contributed by atoms with E-state index in [1.807, 2.05) is 29.2 Å². The van der Waals surface area contributed by atoms with Gasteiger partial charge in [0, 0.05) is 29.7 Å². The molecule has 0 spiro atoms. The number of hydrogen-bond donors (Lipinski definition) is 1. The number of hydrogen-bond acceptors (Lipinski definition) is 3. The molecule has 0 saturated carbocycles. The van der Waals surface area contributed by atoms with Crippen molar-refractivity contribution in [1.29, 1.82) is 0 Å². The van der Waals surface area contributed by atoms with Crippen LogP contribution in [-0.4, -0.2) is 15.8 Å². The summed E-state index contributed by atoms with van der Waals surface area (Å²) < 4.78 is 9.09. The van der Waals surface area contributed by atoms with Crippen LogP contribution >= 0.6 is 22.6 Å². The zero-order valence-electron chi connectivity index (χ0n) is 12.1. The summed E-state index contributed by atoms with van der Waals surface area (Å²) in [7, 11) is 0. The van der Waals surface area contributed by atoms with Gasteiger partial charge in [-0.25, -0.2) is 0 Å². The van der Waals surface area contributed by atoms with E-state index in [2.05, 4.69) is 59.0 Å². The topological polar surface area (TPSA) is 43.0 Å². The van der Waals surface area contributed by atoms with Gasteiger partial charge in [-0.2, -0.15) is 5.10 Å². The molecule has 1 N–H and O–H groups in total. The number of fused-ring (bicyclic) bond motifs is 1. The SMILES string of the molecule is CC(C)NCc1c(Cn2cc(I)cn2)oc2ccccc12. The van der Waals surface area contributed by atoms with E-state index in [4.69, 9.17) is 4.42 Å².